The van der Waals surface area contributed by atoms with E-state index in [-0.39, 0.29) is 6.17 Å². The second-order valence-electron chi connectivity index (χ2n) is 3.90. The highest BCUT2D eigenvalue weighted by atomic mass is 32.1. The molecule has 94 valence electrons. The van der Waals surface area contributed by atoms with Gasteiger partial charge in [-0.2, -0.15) is 0 Å². The monoisotopic (exact) mass is 271 g/mol. The van der Waals surface area contributed by atoms with E-state index in [1.165, 1.54) is 0 Å². The second-order valence-corrected chi connectivity index (χ2v) is 5.20. The number of rotatable bonds is 3. The molecule has 0 amide bonds. The van der Waals surface area contributed by atoms with Gasteiger partial charge in [0.25, 0.3) is 0 Å². The highest BCUT2D eigenvalue weighted by molar-refractivity contribution is 7.80. The first-order valence-electron chi connectivity index (χ1n) is 5.67. The Morgan fingerprint density at radius 2 is 2.35 bits per heavy atom. The van der Waals surface area contributed by atoms with E-state index in [0.29, 0.717) is 5.11 Å². The third kappa shape index (κ3) is 3.88. The van der Waals surface area contributed by atoms with Gasteiger partial charge in [-0.05, 0) is 19.1 Å². The summed E-state index contributed by atoms with van der Waals surface area (Å²) in [6, 6.07) is 0. The summed E-state index contributed by atoms with van der Waals surface area (Å²) in [5.74, 6) is 0. The zero-order valence-electron chi connectivity index (χ0n) is 9.77. The Kier molecular flexibility index (Phi) is 4.66. The lowest BCUT2D eigenvalue weighted by Gasteiger charge is -2.33. The van der Waals surface area contributed by atoms with Crippen molar-refractivity contribution in [2.75, 3.05) is 31.5 Å². The number of nitrogens with one attached hydrogen (secondary N) is 3. The van der Waals surface area contributed by atoms with Crippen molar-refractivity contribution in [3.05, 3.63) is 11.6 Å². The van der Waals surface area contributed by atoms with Gasteiger partial charge in [0, 0.05) is 37.8 Å². The van der Waals surface area contributed by atoms with E-state index < -0.39 is 0 Å². The average molecular weight is 271 g/mol. The molecule has 1 unspecified atom stereocenters. The SMILES string of the molecule is CC(NC(=S)Nc1nccs1)N1CCNCC1. The Balaban J connectivity index is 1.77. The molecular formula is C10H17N5S2. The second kappa shape index (κ2) is 6.25. The van der Waals surface area contributed by atoms with Crippen molar-refractivity contribution < 1.29 is 0 Å². The van der Waals surface area contributed by atoms with Crippen LogP contribution >= 0.6 is 23.6 Å². The van der Waals surface area contributed by atoms with Crippen molar-refractivity contribution in [2.24, 2.45) is 0 Å². The molecule has 1 saturated heterocycles. The number of aromatic nitrogens is 1. The summed E-state index contributed by atoms with van der Waals surface area (Å²) in [6.45, 7) is 6.31. The van der Waals surface area contributed by atoms with Gasteiger partial charge in [0.1, 0.15) is 0 Å². The van der Waals surface area contributed by atoms with Crippen molar-refractivity contribution in [1.29, 1.82) is 0 Å². The molecule has 2 heterocycles. The van der Waals surface area contributed by atoms with Crippen molar-refractivity contribution >= 4 is 33.8 Å². The highest BCUT2D eigenvalue weighted by Gasteiger charge is 2.16. The molecule has 0 bridgehead atoms. The van der Waals surface area contributed by atoms with E-state index in [4.69, 9.17) is 12.2 Å². The molecule has 5 nitrogen and oxygen atoms in total. The number of piperazine rings is 1. The Morgan fingerprint density at radius 3 is 3.00 bits per heavy atom. The van der Waals surface area contributed by atoms with Crippen LogP contribution in [0.2, 0.25) is 0 Å². The number of anilines is 1. The van der Waals surface area contributed by atoms with Crippen LogP contribution in [0, 0.1) is 0 Å². The lowest BCUT2D eigenvalue weighted by atomic mass is 10.3. The lowest BCUT2D eigenvalue weighted by molar-refractivity contribution is 0.174. The Bertz CT molecular complexity index is 348. The smallest absolute Gasteiger partial charge is 0.188 e. The van der Waals surface area contributed by atoms with Crippen LogP contribution < -0.4 is 16.0 Å². The van der Waals surface area contributed by atoms with Crippen LogP contribution in [0.25, 0.3) is 0 Å². The van der Waals surface area contributed by atoms with Crippen LogP contribution in [0.3, 0.4) is 0 Å². The van der Waals surface area contributed by atoms with Crippen LogP contribution in [-0.4, -0.2) is 47.3 Å². The predicted octanol–water partition coefficient (Wildman–Crippen LogP) is 0.681. The first kappa shape index (κ1) is 12.7. The van der Waals surface area contributed by atoms with E-state index >= 15 is 0 Å². The standard InChI is InChI=1S/C10H17N5S2/c1-8(15-5-2-11-3-6-15)13-9(16)14-10-12-4-7-17-10/h4,7-8,11H,2-3,5-6H2,1H3,(H2,12,13,14,16). The van der Waals surface area contributed by atoms with Crippen LogP contribution in [0.1, 0.15) is 6.92 Å². The molecule has 1 aromatic rings. The van der Waals surface area contributed by atoms with E-state index in [1.54, 1.807) is 17.5 Å². The van der Waals surface area contributed by atoms with Gasteiger partial charge in [0.05, 0.1) is 6.17 Å². The van der Waals surface area contributed by atoms with Gasteiger partial charge in [0.2, 0.25) is 0 Å². The molecule has 1 aliphatic rings. The molecule has 1 aromatic heterocycles. The number of thiocarbonyl (C=S) groups is 1. The molecule has 3 N–H and O–H groups in total. The summed E-state index contributed by atoms with van der Waals surface area (Å²) >= 11 is 6.79. The minimum Gasteiger partial charge on any atom is -0.347 e. The van der Waals surface area contributed by atoms with E-state index in [1.807, 2.05) is 5.38 Å². The largest absolute Gasteiger partial charge is 0.347 e. The zero-order valence-corrected chi connectivity index (χ0v) is 11.4. The molecule has 1 fully saturated rings. The Labute approximate surface area is 111 Å². The fourth-order valence-electron chi connectivity index (χ4n) is 1.77. The fourth-order valence-corrected chi connectivity index (χ4v) is 2.63. The Hall–Kier alpha value is -0.760. The maximum absolute atomic E-state index is 5.25. The number of hydrogen-bond acceptors (Lipinski definition) is 5. The molecule has 7 heteroatoms. The van der Waals surface area contributed by atoms with E-state index in [0.717, 1.165) is 31.3 Å². The molecule has 1 aliphatic heterocycles. The first-order valence-corrected chi connectivity index (χ1v) is 6.96. The van der Waals surface area contributed by atoms with Crippen LogP contribution in [-0.2, 0) is 0 Å². The normalized spacial score (nSPS) is 18.6. The summed E-state index contributed by atoms with van der Waals surface area (Å²) in [5, 5.41) is 13.1. The predicted molar refractivity (Wildman–Crippen MR) is 75.4 cm³/mol. The summed E-state index contributed by atoms with van der Waals surface area (Å²) in [4.78, 5) is 6.50. The molecule has 0 saturated carbocycles. The van der Waals surface area contributed by atoms with Gasteiger partial charge < -0.3 is 16.0 Å². The number of hydrogen-bond donors (Lipinski definition) is 3. The van der Waals surface area contributed by atoms with Crippen molar-refractivity contribution in [1.82, 2.24) is 20.5 Å². The third-order valence-electron chi connectivity index (χ3n) is 2.69. The highest BCUT2D eigenvalue weighted by Crippen LogP contribution is 2.10. The van der Waals surface area contributed by atoms with Crippen LogP contribution in [0.4, 0.5) is 5.13 Å². The minimum absolute atomic E-state index is 0.247. The van der Waals surface area contributed by atoms with Gasteiger partial charge >= 0.3 is 0 Å². The summed E-state index contributed by atoms with van der Waals surface area (Å²) in [7, 11) is 0. The maximum atomic E-state index is 5.25. The van der Waals surface area contributed by atoms with Gasteiger partial charge in [-0.25, -0.2) is 4.98 Å². The molecule has 1 atom stereocenters. The minimum atomic E-state index is 0.247. The van der Waals surface area contributed by atoms with Crippen LogP contribution in [0.15, 0.2) is 11.6 Å². The average Bonchev–Trinajstić information content (AvgIpc) is 2.82. The van der Waals surface area contributed by atoms with Crippen molar-refractivity contribution in [2.45, 2.75) is 13.1 Å². The quantitative estimate of drug-likeness (QED) is 0.703. The molecule has 0 spiro atoms. The van der Waals surface area contributed by atoms with Crippen LogP contribution in [0.5, 0.6) is 0 Å². The van der Waals surface area contributed by atoms with E-state index in [9.17, 15) is 0 Å². The van der Waals surface area contributed by atoms with Gasteiger partial charge in [0.15, 0.2) is 10.2 Å². The summed E-state index contributed by atoms with van der Waals surface area (Å²) < 4.78 is 0. The molecule has 0 aromatic carbocycles. The summed E-state index contributed by atoms with van der Waals surface area (Å²) in [6.07, 6.45) is 2.01. The van der Waals surface area contributed by atoms with Crippen molar-refractivity contribution in [3.8, 4) is 0 Å². The topological polar surface area (TPSA) is 52.2 Å². The molecule has 0 radical (unpaired) electrons. The third-order valence-corrected chi connectivity index (χ3v) is 3.60. The van der Waals surface area contributed by atoms with Crippen molar-refractivity contribution in [3.63, 3.8) is 0 Å². The molecule has 17 heavy (non-hydrogen) atoms. The van der Waals surface area contributed by atoms with E-state index in [2.05, 4.69) is 32.8 Å². The summed E-state index contributed by atoms with van der Waals surface area (Å²) in [5.41, 5.74) is 0. The van der Waals surface area contributed by atoms with Gasteiger partial charge in [-0.3, -0.25) is 4.90 Å². The molecule has 0 aliphatic carbocycles. The molecule has 2 rings (SSSR count). The maximum Gasteiger partial charge on any atom is 0.188 e. The lowest BCUT2D eigenvalue weighted by Crippen LogP contribution is -2.54. The first-order chi connectivity index (χ1) is 8.25. The number of thiazole rings is 1. The molecular weight excluding hydrogens is 254 g/mol. The zero-order chi connectivity index (χ0) is 12.1. The Morgan fingerprint density at radius 1 is 1.59 bits per heavy atom. The van der Waals surface area contributed by atoms with Gasteiger partial charge in [-0.1, -0.05) is 0 Å². The fraction of sp³-hybridized carbons (Fsp3) is 0.600. The van der Waals surface area contributed by atoms with Gasteiger partial charge in [-0.15, -0.1) is 11.3 Å². The number of nitrogens with zero attached hydrogens (tertiary/aromatic N) is 2.